The summed E-state index contributed by atoms with van der Waals surface area (Å²) in [5.41, 5.74) is -0.549. The maximum Gasteiger partial charge on any atom is 0.407 e. The summed E-state index contributed by atoms with van der Waals surface area (Å²) in [7, 11) is 1.62. The van der Waals surface area contributed by atoms with Crippen molar-refractivity contribution in [3.63, 3.8) is 0 Å². The van der Waals surface area contributed by atoms with Crippen LogP contribution in [0.5, 0.6) is 0 Å². The van der Waals surface area contributed by atoms with E-state index in [0.29, 0.717) is 25.4 Å². The number of ether oxygens (including phenoxy) is 2. The molecule has 1 aliphatic rings. The van der Waals surface area contributed by atoms with Crippen LogP contribution in [0.15, 0.2) is 0 Å². The zero-order chi connectivity index (χ0) is 16.9. The van der Waals surface area contributed by atoms with Crippen molar-refractivity contribution >= 4 is 11.9 Å². The zero-order valence-corrected chi connectivity index (χ0v) is 14.8. The molecule has 22 heavy (non-hydrogen) atoms. The molecule has 4 atom stereocenters. The van der Waals surface area contributed by atoms with Crippen molar-refractivity contribution in [1.82, 2.24) is 5.32 Å². The van der Waals surface area contributed by atoms with Crippen LogP contribution in [0.2, 0.25) is 0 Å². The summed E-state index contributed by atoms with van der Waals surface area (Å²) in [5, 5.41) is 2.89. The number of alkyl carbamates (subject to hydrolysis) is 1. The van der Waals surface area contributed by atoms with E-state index in [1.165, 1.54) is 0 Å². The number of carbonyl (C=O) groups is 2. The molecule has 1 rings (SSSR count). The summed E-state index contributed by atoms with van der Waals surface area (Å²) in [4.78, 5) is 24.5. The van der Waals surface area contributed by atoms with Crippen molar-refractivity contribution in [3.8, 4) is 0 Å². The van der Waals surface area contributed by atoms with Crippen LogP contribution in [0, 0.1) is 17.8 Å². The minimum absolute atomic E-state index is 0.154. The van der Waals surface area contributed by atoms with Gasteiger partial charge < -0.3 is 14.8 Å². The molecule has 0 aromatic rings. The van der Waals surface area contributed by atoms with Crippen LogP contribution in [0.4, 0.5) is 4.79 Å². The molecule has 1 saturated carbocycles. The number of carbonyl (C=O) groups excluding carboxylic acids is 2. The fraction of sp³-hybridized carbons (Fsp3) is 0.882. The number of hydrogen-bond donors (Lipinski definition) is 1. The van der Waals surface area contributed by atoms with E-state index in [0.717, 1.165) is 6.42 Å². The highest BCUT2D eigenvalue weighted by atomic mass is 16.6. The van der Waals surface area contributed by atoms with E-state index >= 15 is 0 Å². The maximum atomic E-state index is 12.5. The SMILES string of the molecule is COCCC(NC(=O)OC(C)(C)C)C1C(=O)CC(C)CC1C. The molecule has 5 heteroatoms. The topological polar surface area (TPSA) is 64.6 Å². The number of methoxy groups -OCH3 is 1. The fourth-order valence-electron chi connectivity index (χ4n) is 3.33. The first-order chi connectivity index (χ1) is 10.1. The predicted octanol–water partition coefficient (Wildman–Crippen LogP) is 3.17. The third kappa shape index (κ3) is 5.95. The standard InChI is InChI=1S/C17H31NO4/c1-11-9-12(2)15(14(19)10-11)13(7-8-21-6)18-16(20)22-17(3,4)5/h11-13,15H,7-10H2,1-6H3,(H,18,20). The minimum atomic E-state index is -0.549. The Kier molecular flexibility index (Phi) is 6.85. The Balaban J connectivity index is 2.78. The van der Waals surface area contributed by atoms with Crippen LogP contribution >= 0.6 is 0 Å². The highest BCUT2D eigenvalue weighted by Gasteiger charge is 2.38. The van der Waals surface area contributed by atoms with Crippen molar-refractivity contribution < 1.29 is 19.1 Å². The van der Waals surface area contributed by atoms with Crippen LogP contribution in [-0.4, -0.2) is 37.2 Å². The van der Waals surface area contributed by atoms with Gasteiger partial charge in [0.15, 0.2) is 0 Å². The van der Waals surface area contributed by atoms with Gasteiger partial charge in [-0.1, -0.05) is 13.8 Å². The first-order valence-corrected chi connectivity index (χ1v) is 8.15. The molecule has 128 valence electrons. The molecule has 1 aliphatic carbocycles. The van der Waals surface area contributed by atoms with Crippen LogP contribution in [-0.2, 0) is 14.3 Å². The van der Waals surface area contributed by atoms with Crippen molar-refractivity contribution in [2.24, 2.45) is 17.8 Å². The number of amides is 1. The highest BCUT2D eigenvalue weighted by Crippen LogP contribution is 2.34. The van der Waals surface area contributed by atoms with Gasteiger partial charge in [0, 0.05) is 32.1 Å². The van der Waals surface area contributed by atoms with Gasteiger partial charge in [0.25, 0.3) is 0 Å². The van der Waals surface area contributed by atoms with Gasteiger partial charge in [-0.15, -0.1) is 0 Å². The zero-order valence-electron chi connectivity index (χ0n) is 14.8. The van der Waals surface area contributed by atoms with E-state index in [9.17, 15) is 9.59 Å². The predicted molar refractivity (Wildman–Crippen MR) is 85.7 cm³/mol. The summed E-state index contributed by atoms with van der Waals surface area (Å²) < 4.78 is 10.5. The first kappa shape index (κ1) is 18.9. The second-order valence-corrected chi connectivity index (χ2v) is 7.55. The van der Waals surface area contributed by atoms with E-state index in [2.05, 4.69) is 19.2 Å². The molecule has 1 fully saturated rings. The van der Waals surface area contributed by atoms with Crippen LogP contribution in [0.1, 0.15) is 53.9 Å². The Morgan fingerprint density at radius 1 is 1.36 bits per heavy atom. The Morgan fingerprint density at radius 2 is 2.00 bits per heavy atom. The lowest BCUT2D eigenvalue weighted by molar-refractivity contribution is -0.129. The van der Waals surface area contributed by atoms with Gasteiger partial charge in [0.05, 0.1) is 0 Å². The number of Topliss-reactive ketones (excluding diaryl/α,β-unsaturated/α-hetero) is 1. The second kappa shape index (κ2) is 7.95. The number of hydrogen-bond acceptors (Lipinski definition) is 4. The molecule has 0 saturated heterocycles. The Hall–Kier alpha value is -1.10. The summed E-state index contributed by atoms with van der Waals surface area (Å²) in [5.74, 6) is 0.763. The minimum Gasteiger partial charge on any atom is -0.444 e. The van der Waals surface area contributed by atoms with Crippen molar-refractivity contribution in [1.29, 1.82) is 0 Å². The van der Waals surface area contributed by atoms with Gasteiger partial charge in [-0.25, -0.2) is 4.79 Å². The van der Waals surface area contributed by atoms with E-state index in [1.807, 2.05) is 20.8 Å². The quantitative estimate of drug-likeness (QED) is 0.846. The maximum absolute atomic E-state index is 12.5. The molecule has 0 radical (unpaired) electrons. The number of ketones is 1. The van der Waals surface area contributed by atoms with Crippen LogP contribution < -0.4 is 5.32 Å². The smallest absolute Gasteiger partial charge is 0.407 e. The third-order valence-electron chi connectivity index (χ3n) is 4.08. The van der Waals surface area contributed by atoms with Crippen molar-refractivity contribution in [2.75, 3.05) is 13.7 Å². The van der Waals surface area contributed by atoms with E-state index in [4.69, 9.17) is 9.47 Å². The normalized spacial score (nSPS) is 27.4. The molecule has 0 aromatic carbocycles. The molecular weight excluding hydrogens is 282 g/mol. The van der Waals surface area contributed by atoms with Gasteiger partial charge >= 0.3 is 6.09 Å². The lowest BCUT2D eigenvalue weighted by atomic mass is 9.71. The second-order valence-electron chi connectivity index (χ2n) is 7.55. The van der Waals surface area contributed by atoms with E-state index < -0.39 is 11.7 Å². The van der Waals surface area contributed by atoms with Gasteiger partial charge in [-0.3, -0.25) is 4.79 Å². The van der Waals surface area contributed by atoms with Crippen molar-refractivity contribution in [3.05, 3.63) is 0 Å². The summed E-state index contributed by atoms with van der Waals surface area (Å²) in [6, 6.07) is -0.232. The fourth-order valence-corrected chi connectivity index (χ4v) is 3.33. The third-order valence-corrected chi connectivity index (χ3v) is 4.08. The van der Waals surface area contributed by atoms with Crippen molar-refractivity contribution in [2.45, 2.75) is 65.5 Å². The first-order valence-electron chi connectivity index (χ1n) is 8.15. The Bertz CT molecular complexity index is 389. The van der Waals surface area contributed by atoms with Gasteiger partial charge in [-0.05, 0) is 45.4 Å². The molecule has 1 N–H and O–H groups in total. The molecule has 0 aromatic heterocycles. The molecular formula is C17H31NO4. The molecule has 5 nitrogen and oxygen atoms in total. The largest absolute Gasteiger partial charge is 0.444 e. The number of nitrogens with one attached hydrogen (secondary N) is 1. The summed E-state index contributed by atoms with van der Waals surface area (Å²) in [6.07, 6.45) is 1.75. The molecule has 0 spiro atoms. The lowest BCUT2D eigenvalue weighted by Gasteiger charge is -2.37. The number of rotatable bonds is 5. The molecule has 4 unspecified atom stereocenters. The van der Waals surface area contributed by atoms with Gasteiger partial charge in [-0.2, -0.15) is 0 Å². The average Bonchev–Trinajstić information content (AvgIpc) is 2.31. The van der Waals surface area contributed by atoms with E-state index in [-0.39, 0.29) is 23.7 Å². The molecule has 0 heterocycles. The van der Waals surface area contributed by atoms with Gasteiger partial charge in [0.1, 0.15) is 11.4 Å². The Morgan fingerprint density at radius 3 is 2.50 bits per heavy atom. The molecule has 1 amide bonds. The summed E-state index contributed by atoms with van der Waals surface area (Å²) in [6.45, 7) is 10.2. The van der Waals surface area contributed by atoms with E-state index in [1.54, 1.807) is 7.11 Å². The highest BCUT2D eigenvalue weighted by molar-refractivity contribution is 5.83. The lowest BCUT2D eigenvalue weighted by Crippen LogP contribution is -2.49. The monoisotopic (exact) mass is 313 g/mol. The summed E-state index contributed by atoms with van der Waals surface area (Å²) >= 11 is 0. The average molecular weight is 313 g/mol. The van der Waals surface area contributed by atoms with Crippen LogP contribution in [0.3, 0.4) is 0 Å². The van der Waals surface area contributed by atoms with Crippen LogP contribution in [0.25, 0.3) is 0 Å². The Labute approximate surface area is 134 Å². The molecule has 0 bridgehead atoms. The van der Waals surface area contributed by atoms with Gasteiger partial charge in [0.2, 0.25) is 0 Å². The molecule has 0 aliphatic heterocycles.